The second kappa shape index (κ2) is 9.97. The Balaban J connectivity index is 1.37. The van der Waals surface area contributed by atoms with Crippen molar-refractivity contribution in [2.45, 2.75) is 19.9 Å². The first-order chi connectivity index (χ1) is 15.5. The molecule has 4 rings (SSSR count). The number of likely N-dealkylation sites (N-methyl/N-ethyl adjacent to an activating group) is 1. The van der Waals surface area contributed by atoms with Gasteiger partial charge in [0.1, 0.15) is 5.58 Å². The molecule has 0 bridgehead atoms. The third-order valence-electron chi connectivity index (χ3n) is 5.68. The maximum absolute atomic E-state index is 12.6. The normalized spacial score (nSPS) is 14.2. The number of amides is 1. The molecule has 1 fully saturated rings. The van der Waals surface area contributed by atoms with Gasteiger partial charge in [0.2, 0.25) is 5.91 Å². The van der Waals surface area contributed by atoms with Gasteiger partial charge >= 0.3 is 5.63 Å². The van der Waals surface area contributed by atoms with Crippen molar-refractivity contribution in [3.8, 4) is 0 Å². The minimum atomic E-state index is -0.376. The van der Waals surface area contributed by atoms with Crippen molar-refractivity contribution in [1.82, 2.24) is 4.90 Å². The SMILES string of the molecule is CCc1ccc2c(CN(C)CC(=O)Nc3ccc(N4CCOCC4)cc3)cc(=O)oc2c1. The highest BCUT2D eigenvalue weighted by Gasteiger charge is 2.13. The maximum atomic E-state index is 12.6. The summed E-state index contributed by atoms with van der Waals surface area (Å²) in [4.78, 5) is 28.7. The average Bonchev–Trinajstić information content (AvgIpc) is 2.79. The van der Waals surface area contributed by atoms with Gasteiger partial charge in [0.05, 0.1) is 19.8 Å². The Morgan fingerprint density at radius 3 is 2.56 bits per heavy atom. The summed E-state index contributed by atoms with van der Waals surface area (Å²) in [5.74, 6) is -0.104. The number of hydrogen-bond acceptors (Lipinski definition) is 6. The molecule has 7 heteroatoms. The lowest BCUT2D eigenvalue weighted by Gasteiger charge is -2.28. The molecule has 1 aromatic heterocycles. The van der Waals surface area contributed by atoms with Gasteiger partial charge in [0, 0.05) is 42.5 Å². The average molecular weight is 436 g/mol. The highest BCUT2D eigenvalue weighted by atomic mass is 16.5. The van der Waals surface area contributed by atoms with Crippen LogP contribution in [0.3, 0.4) is 0 Å². The second-order valence-corrected chi connectivity index (χ2v) is 8.14. The van der Waals surface area contributed by atoms with Gasteiger partial charge in [0.15, 0.2) is 0 Å². The van der Waals surface area contributed by atoms with Gasteiger partial charge in [0.25, 0.3) is 0 Å². The fourth-order valence-electron chi connectivity index (χ4n) is 3.99. The molecule has 2 heterocycles. The van der Waals surface area contributed by atoms with Crippen LogP contribution in [0.25, 0.3) is 11.0 Å². The number of nitrogens with zero attached hydrogens (tertiary/aromatic N) is 2. The van der Waals surface area contributed by atoms with E-state index in [1.807, 2.05) is 54.4 Å². The highest BCUT2D eigenvalue weighted by Crippen LogP contribution is 2.21. The first-order valence-electron chi connectivity index (χ1n) is 11.0. The van der Waals surface area contributed by atoms with Gasteiger partial charge in [-0.2, -0.15) is 0 Å². The van der Waals surface area contributed by atoms with Crippen LogP contribution >= 0.6 is 0 Å². The lowest BCUT2D eigenvalue weighted by molar-refractivity contribution is -0.117. The summed E-state index contributed by atoms with van der Waals surface area (Å²) in [6, 6.07) is 15.3. The lowest BCUT2D eigenvalue weighted by Crippen LogP contribution is -2.36. The van der Waals surface area contributed by atoms with Crippen molar-refractivity contribution >= 4 is 28.3 Å². The van der Waals surface area contributed by atoms with Crippen LogP contribution in [0.4, 0.5) is 11.4 Å². The van der Waals surface area contributed by atoms with Gasteiger partial charge in [-0.25, -0.2) is 4.79 Å². The van der Waals surface area contributed by atoms with Crippen LogP contribution in [0.2, 0.25) is 0 Å². The van der Waals surface area contributed by atoms with Crippen molar-refractivity contribution in [2.24, 2.45) is 0 Å². The number of carbonyl (C=O) groups is 1. The van der Waals surface area contributed by atoms with Gasteiger partial charge < -0.3 is 19.4 Å². The summed E-state index contributed by atoms with van der Waals surface area (Å²) < 4.78 is 10.8. The summed E-state index contributed by atoms with van der Waals surface area (Å²) in [5, 5.41) is 3.84. The number of ether oxygens (including phenoxy) is 1. The standard InChI is InChI=1S/C25H29N3O4/c1-3-18-4-9-22-19(15-25(30)32-23(22)14-18)16-27(2)17-24(29)26-20-5-7-21(8-6-20)28-10-12-31-13-11-28/h4-9,14-15H,3,10-13,16-17H2,1-2H3,(H,26,29). The molecule has 1 saturated heterocycles. The summed E-state index contributed by atoms with van der Waals surface area (Å²) in [7, 11) is 1.86. The van der Waals surface area contributed by atoms with E-state index in [0.29, 0.717) is 12.1 Å². The van der Waals surface area contributed by atoms with E-state index in [-0.39, 0.29) is 18.1 Å². The molecule has 0 spiro atoms. The minimum Gasteiger partial charge on any atom is -0.423 e. The van der Waals surface area contributed by atoms with Crippen LogP contribution in [0.5, 0.6) is 0 Å². The monoisotopic (exact) mass is 435 g/mol. The number of hydrogen-bond donors (Lipinski definition) is 1. The number of nitrogens with one attached hydrogen (secondary N) is 1. The Labute approximate surface area is 187 Å². The van der Waals surface area contributed by atoms with Crippen molar-refractivity contribution < 1.29 is 13.9 Å². The molecule has 1 aliphatic rings. The zero-order valence-corrected chi connectivity index (χ0v) is 18.6. The Kier molecular flexibility index (Phi) is 6.87. The first-order valence-corrected chi connectivity index (χ1v) is 11.0. The van der Waals surface area contributed by atoms with Gasteiger partial charge in [-0.05, 0) is 54.9 Å². The van der Waals surface area contributed by atoms with E-state index >= 15 is 0 Å². The Morgan fingerprint density at radius 1 is 1.09 bits per heavy atom. The molecular formula is C25H29N3O4. The molecule has 0 radical (unpaired) electrons. The molecule has 1 aliphatic heterocycles. The van der Waals surface area contributed by atoms with E-state index < -0.39 is 0 Å². The van der Waals surface area contributed by atoms with E-state index in [1.54, 1.807) is 0 Å². The molecule has 2 aromatic carbocycles. The zero-order valence-electron chi connectivity index (χ0n) is 18.6. The Bertz CT molecular complexity index is 1130. The smallest absolute Gasteiger partial charge is 0.336 e. The fraction of sp³-hybridized carbons (Fsp3) is 0.360. The van der Waals surface area contributed by atoms with Crippen LogP contribution in [-0.2, 0) is 22.5 Å². The third kappa shape index (κ3) is 5.36. The summed E-state index contributed by atoms with van der Waals surface area (Å²) in [6.45, 7) is 5.97. The fourth-order valence-corrected chi connectivity index (χ4v) is 3.99. The van der Waals surface area contributed by atoms with Gasteiger partial charge in [-0.3, -0.25) is 9.69 Å². The van der Waals surface area contributed by atoms with Gasteiger partial charge in [-0.15, -0.1) is 0 Å². The molecule has 32 heavy (non-hydrogen) atoms. The van der Waals surface area contributed by atoms with Gasteiger partial charge in [-0.1, -0.05) is 19.1 Å². The molecule has 0 aliphatic carbocycles. The topological polar surface area (TPSA) is 75.0 Å². The van der Waals surface area contributed by atoms with E-state index in [9.17, 15) is 9.59 Å². The van der Waals surface area contributed by atoms with Crippen molar-refractivity contribution in [3.05, 3.63) is 70.1 Å². The number of morpholine rings is 1. The van der Waals surface area contributed by atoms with Crippen molar-refractivity contribution in [1.29, 1.82) is 0 Å². The van der Waals surface area contributed by atoms with Crippen LogP contribution < -0.4 is 15.8 Å². The Hall–Kier alpha value is -3.16. The number of anilines is 2. The largest absolute Gasteiger partial charge is 0.423 e. The number of benzene rings is 2. The Morgan fingerprint density at radius 2 is 1.84 bits per heavy atom. The first kappa shape index (κ1) is 22.0. The quantitative estimate of drug-likeness (QED) is 0.574. The van der Waals surface area contributed by atoms with E-state index in [1.165, 1.54) is 6.07 Å². The maximum Gasteiger partial charge on any atom is 0.336 e. The minimum absolute atomic E-state index is 0.104. The third-order valence-corrected chi connectivity index (χ3v) is 5.68. The molecular weight excluding hydrogens is 406 g/mol. The van der Waals surface area contributed by atoms with E-state index in [4.69, 9.17) is 9.15 Å². The molecule has 1 amide bonds. The molecule has 168 valence electrons. The van der Waals surface area contributed by atoms with Crippen LogP contribution in [0.1, 0.15) is 18.1 Å². The van der Waals surface area contributed by atoms with Crippen molar-refractivity contribution in [3.63, 3.8) is 0 Å². The number of fused-ring (bicyclic) bond motifs is 1. The zero-order chi connectivity index (χ0) is 22.5. The van der Waals surface area contributed by atoms with Crippen LogP contribution in [0.15, 0.2) is 57.7 Å². The molecule has 7 nitrogen and oxygen atoms in total. The number of rotatable bonds is 7. The highest BCUT2D eigenvalue weighted by molar-refractivity contribution is 5.92. The molecule has 0 saturated carbocycles. The van der Waals surface area contributed by atoms with Crippen molar-refractivity contribution in [2.75, 3.05) is 50.1 Å². The summed E-state index contributed by atoms with van der Waals surface area (Å²) in [6.07, 6.45) is 0.872. The predicted octanol–water partition coefficient (Wildman–Crippen LogP) is 3.26. The van der Waals surface area contributed by atoms with E-state index in [0.717, 1.165) is 60.6 Å². The second-order valence-electron chi connectivity index (χ2n) is 8.14. The molecule has 3 aromatic rings. The van der Waals surface area contributed by atoms with Crippen LogP contribution in [0, 0.1) is 0 Å². The molecule has 0 atom stereocenters. The number of aryl methyl sites for hydroxylation is 1. The number of carbonyl (C=O) groups excluding carboxylic acids is 1. The summed E-state index contributed by atoms with van der Waals surface area (Å²) >= 11 is 0. The van der Waals surface area contributed by atoms with E-state index in [2.05, 4.69) is 17.1 Å². The molecule has 0 unspecified atom stereocenters. The predicted molar refractivity (Wildman–Crippen MR) is 126 cm³/mol. The summed E-state index contributed by atoms with van der Waals surface area (Å²) in [5.41, 5.74) is 4.07. The van der Waals surface area contributed by atoms with Crippen LogP contribution in [-0.4, -0.2) is 50.7 Å². The lowest BCUT2D eigenvalue weighted by atomic mass is 10.1. The molecule has 1 N–H and O–H groups in total.